The quantitative estimate of drug-likeness (QED) is 0.869. The van der Waals surface area contributed by atoms with Gasteiger partial charge in [-0.25, -0.2) is 0 Å². The third-order valence-corrected chi connectivity index (χ3v) is 3.09. The number of carbonyl (C=O) groups is 1. The molecule has 0 aliphatic heterocycles. The van der Waals surface area contributed by atoms with Gasteiger partial charge in [-0.1, -0.05) is 19.1 Å². The topological polar surface area (TPSA) is 94.0 Å². The van der Waals surface area contributed by atoms with Crippen molar-refractivity contribution in [3.63, 3.8) is 0 Å². The van der Waals surface area contributed by atoms with Crippen molar-refractivity contribution < 1.29 is 9.21 Å². The molecule has 1 heterocycles. The van der Waals surface area contributed by atoms with E-state index >= 15 is 0 Å². The molecule has 1 aromatic carbocycles. The second-order valence-electron chi connectivity index (χ2n) is 4.50. The number of para-hydroxylation sites is 1. The van der Waals surface area contributed by atoms with E-state index in [2.05, 4.69) is 15.5 Å². The van der Waals surface area contributed by atoms with Crippen LogP contribution in [0, 0.1) is 12.8 Å². The maximum atomic E-state index is 12.1. The number of anilines is 1. The third-order valence-electron chi connectivity index (χ3n) is 3.09. The fourth-order valence-electron chi connectivity index (χ4n) is 1.88. The summed E-state index contributed by atoms with van der Waals surface area (Å²) in [4.78, 5) is 12.1. The SMILES string of the molecule is CCC(CN)C(=O)Nc1ccccc1-c1nnc(C)o1. The van der Waals surface area contributed by atoms with Crippen molar-refractivity contribution >= 4 is 11.6 Å². The molecule has 0 fully saturated rings. The largest absolute Gasteiger partial charge is 0.421 e. The summed E-state index contributed by atoms with van der Waals surface area (Å²) in [7, 11) is 0. The van der Waals surface area contributed by atoms with Crippen LogP contribution in [0.25, 0.3) is 11.5 Å². The van der Waals surface area contributed by atoms with E-state index in [-0.39, 0.29) is 11.8 Å². The molecule has 6 heteroatoms. The highest BCUT2D eigenvalue weighted by Gasteiger charge is 2.17. The van der Waals surface area contributed by atoms with Crippen LogP contribution in [0.5, 0.6) is 0 Å². The summed E-state index contributed by atoms with van der Waals surface area (Å²) in [5, 5.41) is 10.7. The van der Waals surface area contributed by atoms with E-state index in [9.17, 15) is 4.79 Å². The van der Waals surface area contributed by atoms with Crippen LogP contribution >= 0.6 is 0 Å². The van der Waals surface area contributed by atoms with Gasteiger partial charge in [0.15, 0.2) is 0 Å². The summed E-state index contributed by atoms with van der Waals surface area (Å²) in [5.41, 5.74) is 6.94. The first-order chi connectivity index (χ1) is 9.65. The standard InChI is InChI=1S/C14H18N4O2/c1-3-10(8-15)13(19)16-12-7-5-4-6-11(12)14-18-17-9(2)20-14/h4-7,10H,3,8,15H2,1-2H3,(H,16,19). The van der Waals surface area contributed by atoms with Gasteiger partial charge in [0.1, 0.15) is 0 Å². The second kappa shape index (κ2) is 6.29. The molecule has 2 rings (SSSR count). The summed E-state index contributed by atoms with van der Waals surface area (Å²) in [6, 6.07) is 7.32. The van der Waals surface area contributed by atoms with E-state index in [1.807, 2.05) is 25.1 Å². The molecule has 0 aliphatic carbocycles. The Morgan fingerprint density at radius 3 is 2.75 bits per heavy atom. The van der Waals surface area contributed by atoms with Gasteiger partial charge in [0.2, 0.25) is 17.7 Å². The number of aromatic nitrogens is 2. The third kappa shape index (κ3) is 3.03. The number of aryl methyl sites for hydroxylation is 1. The van der Waals surface area contributed by atoms with E-state index in [0.29, 0.717) is 36.0 Å². The van der Waals surface area contributed by atoms with Crippen molar-refractivity contribution in [2.45, 2.75) is 20.3 Å². The van der Waals surface area contributed by atoms with Crippen LogP contribution in [0.4, 0.5) is 5.69 Å². The fourth-order valence-corrected chi connectivity index (χ4v) is 1.88. The van der Waals surface area contributed by atoms with Crippen LogP contribution in [0.3, 0.4) is 0 Å². The van der Waals surface area contributed by atoms with Crippen LogP contribution in [-0.4, -0.2) is 22.6 Å². The van der Waals surface area contributed by atoms with Crippen molar-refractivity contribution in [3.05, 3.63) is 30.2 Å². The molecule has 20 heavy (non-hydrogen) atoms. The van der Waals surface area contributed by atoms with Gasteiger partial charge in [-0.05, 0) is 18.6 Å². The zero-order valence-electron chi connectivity index (χ0n) is 11.6. The number of nitrogens with two attached hydrogens (primary N) is 1. The van der Waals surface area contributed by atoms with Crippen LogP contribution in [0.15, 0.2) is 28.7 Å². The minimum atomic E-state index is -0.201. The lowest BCUT2D eigenvalue weighted by Crippen LogP contribution is -2.28. The average molecular weight is 274 g/mol. The number of hydrogen-bond donors (Lipinski definition) is 2. The maximum Gasteiger partial charge on any atom is 0.249 e. The zero-order chi connectivity index (χ0) is 14.5. The molecule has 0 spiro atoms. The molecule has 1 amide bonds. The van der Waals surface area contributed by atoms with Crippen LogP contribution in [-0.2, 0) is 4.79 Å². The minimum absolute atomic E-state index is 0.0984. The van der Waals surface area contributed by atoms with Gasteiger partial charge in [0, 0.05) is 13.5 Å². The smallest absolute Gasteiger partial charge is 0.249 e. The molecule has 2 aromatic rings. The number of nitrogens with one attached hydrogen (secondary N) is 1. The van der Waals surface area contributed by atoms with Crippen molar-refractivity contribution in [2.24, 2.45) is 11.7 Å². The van der Waals surface area contributed by atoms with E-state index in [0.717, 1.165) is 0 Å². The Hall–Kier alpha value is -2.21. The zero-order valence-corrected chi connectivity index (χ0v) is 11.6. The Kier molecular flexibility index (Phi) is 4.47. The monoisotopic (exact) mass is 274 g/mol. The second-order valence-corrected chi connectivity index (χ2v) is 4.50. The summed E-state index contributed by atoms with van der Waals surface area (Å²) in [6.07, 6.45) is 0.699. The van der Waals surface area contributed by atoms with Crippen molar-refractivity contribution in [1.82, 2.24) is 10.2 Å². The van der Waals surface area contributed by atoms with Crippen molar-refractivity contribution in [3.8, 4) is 11.5 Å². The minimum Gasteiger partial charge on any atom is -0.421 e. The lowest BCUT2D eigenvalue weighted by atomic mass is 10.1. The van der Waals surface area contributed by atoms with Crippen molar-refractivity contribution in [1.29, 1.82) is 0 Å². The van der Waals surface area contributed by atoms with E-state index in [4.69, 9.17) is 10.2 Å². The number of nitrogens with zero attached hydrogens (tertiary/aromatic N) is 2. The lowest BCUT2D eigenvalue weighted by Gasteiger charge is -2.14. The maximum absolute atomic E-state index is 12.1. The summed E-state index contributed by atoms with van der Waals surface area (Å²) in [5.74, 6) is 0.569. The van der Waals surface area contributed by atoms with Gasteiger partial charge in [0.25, 0.3) is 0 Å². The molecule has 1 aromatic heterocycles. The molecule has 0 saturated carbocycles. The number of rotatable bonds is 5. The molecule has 0 saturated heterocycles. The molecule has 1 unspecified atom stereocenters. The molecule has 106 valence electrons. The average Bonchev–Trinajstić information content (AvgIpc) is 2.87. The van der Waals surface area contributed by atoms with Crippen LogP contribution in [0.1, 0.15) is 19.2 Å². The first kappa shape index (κ1) is 14.2. The van der Waals surface area contributed by atoms with E-state index in [1.54, 1.807) is 13.0 Å². The van der Waals surface area contributed by atoms with Crippen LogP contribution in [0.2, 0.25) is 0 Å². The highest BCUT2D eigenvalue weighted by molar-refractivity contribution is 5.96. The van der Waals surface area contributed by atoms with Gasteiger partial charge in [-0.15, -0.1) is 10.2 Å². The van der Waals surface area contributed by atoms with Crippen molar-refractivity contribution in [2.75, 3.05) is 11.9 Å². The lowest BCUT2D eigenvalue weighted by molar-refractivity contribution is -0.119. The molecule has 0 radical (unpaired) electrons. The highest BCUT2D eigenvalue weighted by Crippen LogP contribution is 2.27. The molecule has 0 bridgehead atoms. The first-order valence-electron chi connectivity index (χ1n) is 6.56. The predicted molar refractivity (Wildman–Crippen MR) is 75.9 cm³/mol. The Morgan fingerprint density at radius 1 is 1.40 bits per heavy atom. The van der Waals surface area contributed by atoms with Gasteiger partial charge >= 0.3 is 0 Å². The molecule has 0 aliphatic rings. The van der Waals surface area contributed by atoms with Crippen LogP contribution < -0.4 is 11.1 Å². The fraction of sp³-hybridized carbons (Fsp3) is 0.357. The molecular weight excluding hydrogens is 256 g/mol. The number of amides is 1. The Labute approximate surface area is 117 Å². The first-order valence-corrected chi connectivity index (χ1v) is 6.56. The predicted octanol–water partition coefficient (Wildman–Crippen LogP) is 1.97. The number of hydrogen-bond acceptors (Lipinski definition) is 5. The van der Waals surface area contributed by atoms with Gasteiger partial charge in [-0.3, -0.25) is 4.79 Å². The van der Waals surface area contributed by atoms with Gasteiger partial charge in [-0.2, -0.15) is 0 Å². The normalized spacial score (nSPS) is 12.2. The summed E-state index contributed by atoms with van der Waals surface area (Å²) >= 11 is 0. The van der Waals surface area contributed by atoms with Gasteiger partial charge < -0.3 is 15.5 Å². The highest BCUT2D eigenvalue weighted by atomic mass is 16.4. The summed E-state index contributed by atoms with van der Waals surface area (Å²) < 4.78 is 5.41. The molecule has 6 nitrogen and oxygen atoms in total. The van der Waals surface area contributed by atoms with Gasteiger partial charge in [0.05, 0.1) is 17.2 Å². The number of carbonyl (C=O) groups excluding carboxylic acids is 1. The Balaban J connectivity index is 2.27. The van der Waals surface area contributed by atoms with E-state index in [1.165, 1.54) is 0 Å². The molecule has 1 atom stereocenters. The Morgan fingerprint density at radius 2 is 2.15 bits per heavy atom. The number of benzene rings is 1. The summed E-state index contributed by atoms with van der Waals surface area (Å²) in [6.45, 7) is 3.98. The molecular formula is C14H18N4O2. The molecule has 3 N–H and O–H groups in total. The van der Waals surface area contributed by atoms with E-state index < -0.39 is 0 Å². The Bertz CT molecular complexity index is 590.